The predicted octanol–water partition coefficient (Wildman–Crippen LogP) is 2.97. The Balaban J connectivity index is 0.00000176. The first-order valence-electron chi connectivity index (χ1n) is 8.39. The first-order chi connectivity index (χ1) is 10.2. The van der Waals surface area contributed by atoms with Gasteiger partial charge in [-0.2, -0.15) is 0 Å². The van der Waals surface area contributed by atoms with Crippen LogP contribution < -0.4 is 10.1 Å². The second-order valence-electron chi connectivity index (χ2n) is 6.49. The molecule has 1 aliphatic heterocycles. The molecule has 0 unspecified atom stereocenters. The third-order valence-corrected chi connectivity index (χ3v) is 5.20. The minimum absolute atomic E-state index is 0. The first kappa shape index (κ1) is 17.6. The SMILES string of the molecule is CCc1cccc(CC)c1O[C@@H]1C[C@@H]2CNC[C@@H]2C[C@H]1O.Cl. The number of hydrogen-bond acceptors (Lipinski definition) is 3. The summed E-state index contributed by atoms with van der Waals surface area (Å²) in [7, 11) is 0. The van der Waals surface area contributed by atoms with Crippen molar-refractivity contribution >= 4 is 12.4 Å². The van der Waals surface area contributed by atoms with Gasteiger partial charge in [0.2, 0.25) is 0 Å². The summed E-state index contributed by atoms with van der Waals surface area (Å²) >= 11 is 0. The van der Waals surface area contributed by atoms with Gasteiger partial charge in [0, 0.05) is 0 Å². The lowest BCUT2D eigenvalue weighted by Gasteiger charge is -2.36. The summed E-state index contributed by atoms with van der Waals surface area (Å²) in [4.78, 5) is 0. The van der Waals surface area contributed by atoms with Crippen LogP contribution in [-0.2, 0) is 12.8 Å². The number of halogens is 1. The smallest absolute Gasteiger partial charge is 0.126 e. The second-order valence-corrected chi connectivity index (χ2v) is 6.49. The first-order valence-corrected chi connectivity index (χ1v) is 8.39. The monoisotopic (exact) mass is 325 g/mol. The molecule has 3 nitrogen and oxygen atoms in total. The average molecular weight is 326 g/mol. The Labute approximate surface area is 139 Å². The number of aliphatic hydroxyl groups excluding tert-OH is 1. The molecule has 4 atom stereocenters. The van der Waals surface area contributed by atoms with Crippen LogP contribution in [0, 0.1) is 11.8 Å². The Morgan fingerprint density at radius 1 is 1.09 bits per heavy atom. The van der Waals surface area contributed by atoms with Crippen molar-refractivity contribution in [3.05, 3.63) is 29.3 Å². The van der Waals surface area contributed by atoms with Gasteiger partial charge in [-0.3, -0.25) is 0 Å². The lowest BCUT2D eigenvalue weighted by Crippen LogP contribution is -2.42. The molecule has 1 aromatic rings. The molecule has 124 valence electrons. The van der Waals surface area contributed by atoms with E-state index in [4.69, 9.17) is 4.74 Å². The molecule has 1 aliphatic carbocycles. The van der Waals surface area contributed by atoms with Crippen molar-refractivity contribution in [1.29, 1.82) is 0 Å². The number of rotatable bonds is 4. The fraction of sp³-hybridized carbons (Fsp3) is 0.667. The molecule has 3 rings (SSSR count). The van der Waals surface area contributed by atoms with Gasteiger partial charge >= 0.3 is 0 Å². The summed E-state index contributed by atoms with van der Waals surface area (Å²) in [6.07, 6.45) is 3.40. The second kappa shape index (κ2) is 7.67. The normalized spacial score (nSPS) is 30.5. The Hall–Kier alpha value is -0.770. The zero-order valence-electron chi connectivity index (χ0n) is 13.5. The van der Waals surface area contributed by atoms with Crippen LogP contribution in [0.2, 0.25) is 0 Å². The number of ether oxygens (including phenoxy) is 1. The highest BCUT2D eigenvalue weighted by Crippen LogP contribution is 2.36. The van der Waals surface area contributed by atoms with Gasteiger partial charge in [-0.25, -0.2) is 0 Å². The molecule has 1 heterocycles. The van der Waals surface area contributed by atoms with E-state index in [1.165, 1.54) is 11.1 Å². The van der Waals surface area contributed by atoms with Crippen LogP contribution in [0.3, 0.4) is 0 Å². The molecule has 1 aromatic carbocycles. The van der Waals surface area contributed by atoms with Gasteiger partial charge in [0.05, 0.1) is 6.10 Å². The quantitative estimate of drug-likeness (QED) is 0.894. The average Bonchev–Trinajstić information content (AvgIpc) is 2.94. The topological polar surface area (TPSA) is 41.5 Å². The van der Waals surface area contributed by atoms with E-state index in [0.29, 0.717) is 11.8 Å². The van der Waals surface area contributed by atoms with Crippen LogP contribution in [0.4, 0.5) is 0 Å². The molecular weight excluding hydrogens is 298 g/mol. The van der Waals surface area contributed by atoms with E-state index in [1.54, 1.807) is 0 Å². The van der Waals surface area contributed by atoms with E-state index < -0.39 is 0 Å². The molecule has 22 heavy (non-hydrogen) atoms. The number of para-hydroxylation sites is 1. The summed E-state index contributed by atoms with van der Waals surface area (Å²) in [6, 6.07) is 6.39. The van der Waals surface area contributed by atoms with Gasteiger partial charge in [-0.05, 0) is 61.7 Å². The van der Waals surface area contributed by atoms with E-state index in [2.05, 4.69) is 37.4 Å². The summed E-state index contributed by atoms with van der Waals surface area (Å²) < 4.78 is 6.34. The van der Waals surface area contributed by atoms with Crippen LogP contribution in [0.15, 0.2) is 18.2 Å². The van der Waals surface area contributed by atoms with E-state index in [9.17, 15) is 5.11 Å². The van der Waals surface area contributed by atoms with Gasteiger partial charge < -0.3 is 15.2 Å². The molecular formula is C18H28ClNO2. The number of nitrogens with one attached hydrogen (secondary N) is 1. The van der Waals surface area contributed by atoms with Gasteiger partial charge in [-0.1, -0.05) is 32.0 Å². The van der Waals surface area contributed by atoms with Crippen LogP contribution in [0.5, 0.6) is 5.75 Å². The predicted molar refractivity (Wildman–Crippen MR) is 92.0 cm³/mol. The maximum absolute atomic E-state index is 10.5. The van der Waals surface area contributed by atoms with Crippen molar-refractivity contribution in [3.8, 4) is 5.75 Å². The number of aryl methyl sites for hydroxylation is 2. The Kier molecular flexibility index (Phi) is 6.13. The van der Waals surface area contributed by atoms with Crippen LogP contribution in [0.25, 0.3) is 0 Å². The standard InChI is InChI=1S/C18H27NO2.ClH/c1-3-12-6-5-7-13(4-2)18(12)21-17-9-15-11-19-10-14(15)8-16(17)20;/h5-7,14-17,19-20H,3-4,8-11H2,1-2H3;1H/t14-,15+,16+,17+;/m0./s1. The largest absolute Gasteiger partial charge is 0.487 e. The van der Waals surface area contributed by atoms with Gasteiger partial charge in [0.25, 0.3) is 0 Å². The molecule has 2 N–H and O–H groups in total. The third kappa shape index (κ3) is 3.42. The fourth-order valence-corrected chi connectivity index (χ4v) is 3.88. The van der Waals surface area contributed by atoms with E-state index in [0.717, 1.165) is 44.5 Å². The fourth-order valence-electron chi connectivity index (χ4n) is 3.88. The maximum atomic E-state index is 10.5. The van der Waals surface area contributed by atoms with Crippen molar-refractivity contribution in [1.82, 2.24) is 5.32 Å². The molecule has 4 heteroatoms. The van der Waals surface area contributed by atoms with Crippen molar-refractivity contribution in [2.75, 3.05) is 13.1 Å². The molecule has 0 spiro atoms. The molecule has 1 saturated heterocycles. The van der Waals surface area contributed by atoms with E-state index in [1.807, 2.05) is 0 Å². The van der Waals surface area contributed by atoms with Crippen LogP contribution in [0.1, 0.15) is 37.8 Å². The number of benzene rings is 1. The summed E-state index contributed by atoms with van der Waals surface area (Å²) in [6.45, 7) is 6.46. The highest BCUT2D eigenvalue weighted by molar-refractivity contribution is 5.85. The lowest BCUT2D eigenvalue weighted by molar-refractivity contribution is -0.0238. The summed E-state index contributed by atoms with van der Waals surface area (Å²) in [5, 5.41) is 13.9. The van der Waals surface area contributed by atoms with Crippen LogP contribution >= 0.6 is 12.4 Å². The Morgan fingerprint density at radius 3 is 2.27 bits per heavy atom. The molecule has 0 aromatic heterocycles. The lowest BCUT2D eigenvalue weighted by atomic mass is 9.78. The van der Waals surface area contributed by atoms with Crippen LogP contribution in [-0.4, -0.2) is 30.4 Å². The number of hydrogen-bond donors (Lipinski definition) is 2. The highest BCUT2D eigenvalue weighted by Gasteiger charge is 2.40. The molecule has 0 bridgehead atoms. The number of fused-ring (bicyclic) bond motifs is 1. The summed E-state index contributed by atoms with van der Waals surface area (Å²) in [5.74, 6) is 2.32. The van der Waals surface area contributed by atoms with Gasteiger partial charge in [-0.15, -0.1) is 12.4 Å². The minimum Gasteiger partial charge on any atom is -0.487 e. The van der Waals surface area contributed by atoms with Crippen molar-refractivity contribution in [2.45, 2.75) is 51.7 Å². The van der Waals surface area contributed by atoms with Gasteiger partial charge in [0.15, 0.2) is 0 Å². The highest BCUT2D eigenvalue weighted by atomic mass is 35.5. The van der Waals surface area contributed by atoms with E-state index >= 15 is 0 Å². The molecule has 2 fully saturated rings. The zero-order chi connectivity index (χ0) is 14.8. The number of aliphatic hydroxyl groups is 1. The maximum Gasteiger partial charge on any atom is 0.126 e. The van der Waals surface area contributed by atoms with E-state index in [-0.39, 0.29) is 24.6 Å². The third-order valence-electron chi connectivity index (χ3n) is 5.20. The van der Waals surface area contributed by atoms with Crippen molar-refractivity contribution in [3.63, 3.8) is 0 Å². The molecule has 2 aliphatic rings. The molecule has 0 amide bonds. The molecule has 1 saturated carbocycles. The van der Waals surface area contributed by atoms with Crippen molar-refractivity contribution < 1.29 is 9.84 Å². The minimum atomic E-state index is -0.333. The Morgan fingerprint density at radius 2 is 1.68 bits per heavy atom. The Bertz CT molecular complexity index is 472. The zero-order valence-corrected chi connectivity index (χ0v) is 14.4. The van der Waals surface area contributed by atoms with Crippen molar-refractivity contribution in [2.24, 2.45) is 11.8 Å². The van der Waals surface area contributed by atoms with Gasteiger partial charge in [0.1, 0.15) is 11.9 Å². The summed E-state index contributed by atoms with van der Waals surface area (Å²) in [5.41, 5.74) is 2.52. The molecule has 0 radical (unpaired) electrons.